The van der Waals surface area contributed by atoms with Crippen LogP contribution in [0.2, 0.25) is 5.02 Å². The maximum atomic E-state index is 12.4. The lowest BCUT2D eigenvalue weighted by molar-refractivity contribution is -0.120. The Morgan fingerprint density at radius 2 is 1.79 bits per heavy atom. The number of hydrogen-bond donors (Lipinski definition) is 1. The molecule has 178 valence electrons. The summed E-state index contributed by atoms with van der Waals surface area (Å²) in [6, 6.07) is 14.9. The number of rotatable bonds is 10. The van der Waals surface area contributed by atoms with Gasteiger partial charge in [-0.3, -0.25) is 4.79 Å². The summed E-state index contributed by atoms with van der Waals surface area (Å²) in [7, 11) is 0. The van der Waals surface area contributed by atoms with E-state index in [1.54, 1.807) is 13.1 Å². The summed E-state index contributed by atoms with van der Waals surface area (Å²) in [6.45, 7) is 8.37. The van der Waals surface area contributed by atoms with Crippen molar-refractivity contribution in [2.45, 2.75) is 44.7 Å². The predicted octanol–water partition coefficient (Wildman–Crippen LogP) is 5.36. The molecular weight excluding hydrogens is 472 g/mol. The quantitative estimate of drug-likeness (QED) is 0.175. The number of carbonyl (C=O) groups excluding carboxylic acids is 1. The minimum atomic E-state index is -0.402. The molecule has 0 saturated carbocycles. The summed E-state index contributed by atoms with van der Waals surface area (Å²) >= 11 is 7.22. The van der Waals surface area contributed by atoms with Crippen molar-refractivity contribution in [1.29, 1.82) is 0 Å². The van der Waals surface area contributed by atoms with E-state index < -0.39 is 5.25 Å². The number of hydrazone groups is 1. The second-order valence-electron chi connectivity index (χ2n) is 7.48. The molecule has 3 rings (SSSR count). The molecule has 0 aliphatic rings. The number of carbonyl (C=O) groups is 1. The number of aryl methyl sites for hydroxylation is 2. The van der Waals surface area contributed by atoms with Crippen LogP contribution in [0.1, 0.15) is 36.4 Å². The van der Waals surface area contributed by atoms with Crippen LogP contribution in [-0.2, 0) is 11.4 Å². The Bertz CT molecular complexity index is 1140. The van der Waals surface area contributed by atoms with Gasteiger partial charge in [0, 0.05) is 16.4 Å². The molecule has 0 radical (unpaired) electrons. The maximum absolute atomic E-state index is 12.4. The highest BCUT2D eigenvalue weighted by Crippen LogP contribution is 2.29. The molecule has 34 heavy (non-hydrogen) atoms. The van der Waals surface area contributed by atoms with Gasteiger partial charge >= 0.3 is 0 Å². The summed E-state index contributed by atoms with van der Waals surface area (Å²) in [6.07, 6.45) is 1.56. The van der Waals surface area contributed by atoms with E-state index in [0.717, 1.165) is 22.5 Å². The number of aromatic nitrogens is 2. The number of nitrogens with zero attached hydrogens (tertiary/aromatic N) is 3. The van der Waals surface area contributed by atoms with Gasteiger partial charge in [-0.1, -0.05) is 35.5 Å². The number of halogens is 1. The number of amides is 1. The van der Waals surface area contributed by atoms with Crippen molar-refractivity contribution >= 4 is 35.5 Å². The van der Waals surface area contributed by atoms with E-state index in [4.69, 9.17) is 21.1 Å². The first-order valence-electron chi connectivity index (χ1n) is 10.8. The third-order valence-corrected chi connectivity index (χ3v) is 5.79. The lowest BCUT2D eigenvalue weighted by Crippen LogP contribution is -2.27. The molecule has 1 heterocycles. The van der Waals surface area contributed by atoms with Crippen molar-refractivity contribution in [2.75, 3.05) is 6.61 Å². The number of hydrogen-bond acceptors (Lipinski definition) is 7. The van der Waals surface area contributed by atoms with Crippen LogP contribution >= 0.6 is 23.4 Å². The normalized spacial score (nSPS) is 11.9. The number of nitrogens with one attached hydrogen (secondary N) is 1. The first-order valence-corrected chi connectivity index (χ1v) is 12.1. The highest BCUT2D eigenvalue weighted by molar-refractivity contribution is 8.00. The van der Waals surface area contributed by atoms with Crippen LogP contribution in [0.5, 0.6) is 11.5 Å². The van der Waals surface area contributed by atoms with Gasteiger partial charge in [-0.2, -0.15) is 5.10 Å². The summed E-state index contributed by atoms with van der Waals surface area (Å²) in [5.41, 5.74) is 6.07. The Labute approximate surface area is 208 Å². The van der Waals surface area contributed by atoms with Gasteiger partial charge in [0.15, 0.2) is 16.7 Å². The van der Waals surface area contributed by atoms with Crippen molar-refractivity contribution in [3.8, 4) is 11.5 Å². The van der Waals surface area contributed by atoms with Crippen LogP contribution in [0.4, 0.5) is 0 Å². The predicted molar refractivity (Wildman–Crippen MR) is 136 cm³/mol. The van der Waals surface area contributed by atoms with Gasteiger partial charge in [0.1, 0.15) is 6.61 Å². The van der Waals surface area contributed by atoms with E-state index >= 15 is 0 Å². The molecule has 0 spiro atoms. The van der Waals surface area contributed by atoms with Crippen molar-refractivity contribution in [3.63, 3.8) is 0 Å². The topological polar surface area (TPSA) is 85.7 Å². The summed E-state index contributed by atoms with van der Waals surface area (Å²) < 4.78 is 11.6. The Balaban J connectivity index is 1.59. The molecule has 0 bridgehead atoms. The standard InChI is InChI=1S/C25H27ClN4O3S/c1-5-32-23-13-20(8-11-22(23)33-15-19-6-9-21(26)10-7-19)14-27-30-24(31)18(4)34-25-28-16(2)12-17(3)29-25/h6-14,18H,5,15H2,1-4H3,(H,30,31)/b27-14+. The summed E-state index contributed by atoms with van der Waals surface area (Å²) in [4.78, 5) is 21.1. The molecule has 7 nitrogen and oxygen atoms in total. The minimum Gasteiger partial charge on any atom is -0.490 e. The number of ether oxygens (including phenoxy) is 2. The van der Waals surface area contributed by atoms with Gasteiger partial charge in [0.25, 0.3) is 5.91 Å². The zero-order valence-electron chi connectivity index (χ0n) is 19.5. The van der Waals surface area contributed by atoms with E-state index in [0.29, 0.717) is 34.9 Å². The average molecular weight is 499 g/mol. The smallest absolute Gasteiger partial charge is 0.253 e. The number of thioether (sulfide) groups is 1. The van der Waals surface area contributed by atoms with Crippen molar-refractivity contribution in [2.24, 2.45) is 5.10 Å². The second kappa shape index (κ2) is 12.4. The van der Waals surface area contributed by atoms with Gasteiger partial charge in [0.05, 0.1) is 18.1 Å². The molecule has 0 saturated heterocycles. The highest BCUT2D eigenvalue weighted by atomic mass is 35.5. The fourth-order valence-electron chi connectivity index (χ4n) is 2.95. The molecule has 9 heteroatoms. The van der Waals surface area contributed by atoms with Gasteiger partial charge in [0.2, 0.25) is 0 Å². The molecule has 0 aliphatic heterocycles. The third-order valence-electron chi connectivity index (χ3n) is 4.58. The fraction of sp³-hybridized carbons (Fsp3) is 0.280. The van der Waals surface area contributed by atoms with Crippen molar-refractivity contribution in [3.05, 3.63) is 76.1 Å². The minimum absolute atomic E-state index is 0.239. The van der Waals surface area contributed by atoms with Crippen LogP contribution in [0.15, 0.2) is 58.8 Å². The van der Waals surface area contributed by atoms with E-state index in [1.807, 2.05) is 69.3 Å². The van der Waals surface area contributed by atoms with E-state index in [-0.39, 0.29) is 5.91 Å². The molecule has 1 aromatic heterocycles. The van der Waals surface area contributed by atoms with Crippen molar-refractivity contribution in [1.82, 2.24) is 15.4 Å². The lowest BCUT2D eigenvalue weighted by atomic mass is 10.2. The molecule has 1 atom stereocenters. The zero-order chi connectivity index (χ0) is 24.5. The highest BCUT2D eigenvalue weighted by Gasteiger charge is 2.16. The molecule has 1 amide bonds. The molecule has 2 aromatic carbocycles. The van der Waals surface area contributed by atoms with E-state index in [2.05, 4.69) is 20.5 Å². The maximum Gasteiger partial charge on any atom is 0.253 e. The summed E-state index contributed by atoms with van der Waals surface area (Å²) in [5, 5.41) is 4.93. The van der Waals surface area contributed by atoms with Gasteiger partial charge in [-0.25, -0.2) is 15.4 Å². The van der Waals surface area contributed by atoms with Gasteiger partial charge in [-0.15, -0.1) is 0 Å². The SMILES string of the molecule is CCOc1cc(/C=N/NC(=O)C(C)Sc2nc(C)cc(C)n2)ccc1OCc1ccc(Cl)cc1. The van der Waals surface area contributed by atoms with Crippen molar-refractivity contribution < 1.29 is 14.3 Å². The molecule has 1 unspecified atom stereocenters. The Hall–Kier alpha value is -3.10. The Morgan fingerprint density at radius 1 is 1.09 bits per heavy atom. The van der Waals surface area contributed by atoms with E-state index in [9.17, 15) is 4.79 Å². The largest absolute Gasteiger partial charge is 0.490 e. The second-order valence-corrected chi connectivity index (χ2v) is 9.23. The van der Waals surface area contributed by atoms with Crippen LogP contribution in [-0.4, -0.2) is 33.9 Å². The van der Waals surface area contributed by atoms with Crippen LogP contribution in [0, 0.1) is 13.8 Å². The zero-order valence-corrected chi connectivity index (χ0v) is 21.1. The first-order chi connectivity index (χ1) is 16.3. The van der Waals surface area contributed by atoms with Crippen LogP contribution in [0.3, 0.4) is 0 Å². The summed E-state index contributed by atoms with van der Waals surface area (Å²) in [5.74, 6) is 0.982. The third kappa shape index (κ3) is 7.74. The lowest BCUT2D eigenvalue weighted by Gasteiger charge is -2.13. The molecule has 0 aliphatic carbocycles. The average Bonchev–Trinajstić information content (AvgIpc) is 2.79. The molecular formula is C25H27ClN4O3S. The molecule has 1 N–H and O–H groups in total. The molecule has 0 fully saturated rings. The number of benzene rings is 2. The monoisotopic (exact) mass is 498 g/mol. The fourth-order valence-corrected chi connectivity index (χ4v) is 3.95. The first kappa shape index (κ1) is 25.5. The van der Waals surface area contributed by atoms with Crippen LogP contribution < -0.4 is 14.9 Å². The van der Waals surface area contributed by atoms with Gasteiger partial charge < -0.3 is 9.47 Å². The Kier molecular flexibility index (Phi) is 9.30. The molecule has 3 aromatic rings. The van der Waals surface area contributed by atoms with E-state index in [1.165, 1.54) is 11.8 Å². The van der Waals surface area contributed by atoms with Gasteiger partial charge in [-0.05, 0) is 75.2 Å². The Morgan fingerprint density at radius 3 is 2.47 bits per heavy atom. The van der Waals surface area contributed by atoms with Crippen LogP contribution in [0.25, 0.3) is 0 Å².